The number of alkyl halides is 3. The van der Waals surface area contributed by atoms with Crippen molar-refractivity contribution in [2.24, 2.45) is 0 Å². The number of nitrogens with zero attached hydrogens (tertiary/aromatic N) is 3. The lowest BCUT2D eigenvalue weighted by Gasteiger charge is -2.14. The maximum absolute atomic E-state index is 14.5. The highest BCUT2D eigenvalue weighted by atomic mass is 19.4. The largest absolute Gasteiger partial charge is 0.417 e. The van der Waals surface area contributed by atoms with Crippen LogP contribution < -0.4 is 5.32 Å². The topological polar surface area (TPSA) is 66.5 Å². The molecule has 0 saturated carbocycles. The summed E-state index contributed by atoms with van der Waals surface area (Å²) in [6, 6.07) is 19.7. The van der Waals surface area contributed by atoms with Gasteiger partial charge in [0.15, 0.2) is 11.6 Å². The van der Waals surface area contributed by atoms with Crippen LogP contribution in [0.5, 0.6) is 0 Å². The van der Waals surface area contributed by atoms with E-state index in [1.54, 1.807) is 6.07 Å². The molecule has 2 heterocycles. The molecule has 0 aliphatic heterocycles. The van der Waals surface area contributed by atoms with Gasteiger partial charge >= 0.3 is 6.18 Å². The van der Waals surface area contributed by atoms with Crippen LogP contribution in [-0.2, 0) is 6.18 Å². The summed E-state index contributed by atoms with van der Waals surface area (Å²) in [7, 11) is 0. The van der Waals surface area contributed by atoms with Crippen LogP contribution in [0.15, 0.2) is 78.9 Å². The Morgan fingerprint density at radius 2 is 1.48 bits per heavy atom. The van der Waals surface area contributed by atoms with Gasteiger partial charge in [-0.05, 0) is 30.3 Å². The van der Waals surface area contributed by atoms with E-state index in [9.17, 15) is 17.6 Å². The van der Waals surface area contributed by atoms with E-state index in [0.717, 1.165) is 17.0 Å². The number of anilines is 2. The van der Waals surface area contributed by atoms with Crippen molar-refractivity contribution in [3.05, 3.63) is 90.2 Å². The van der Waals surface area contributed by atoms with Gasteiger partial charge in [-0.2, -0.15) is 18.3 Å². The predicted octanol–water partition coefficient (Wildman–Crippen LogP) is 6.59. The second-order valence-corrected chi connectivity index (χ2v) is 7.23. The van der Waals surface area contributed by atoms with E-state index in [1.807, 2.05) is 24.3 Å². The first-order valence-corrected chi connectivity index (χ1v) is 9.91. The molecule has 0 unspecified atom stereocenters. The Morgan fingerprint density at radius 1 is 0.788 bits per heavy atom. The Hall–Kier alpha value is -4.27. The van der Waals surface area contributed by atoms with Gasteiger partial charge in [0, 0.05) is 22.6 Å². The van der Waals surface area contributed by atoms with E-state index in [0.29, 0.717) is 5.82 Å². The maximum atomic E-state index is 14.5. The fraction of sp³-hybridized carbons (Fsp3) is 0.0417. The third kappa shape index (κ3) is 4.00. The molecular formula is C24H15F4N5. The van der Waals surface area contributed by atoms with E-state index < -0.39 is 17.6 Å². The summed E-state index contributed by atoms with van der Waals surface area (Å²) in [5.41, 5.74) is -0.0472. The van der Waals surface area contributed by atoms with Gasteiger partial charge < -0.3 is 5.32 Å². The van der Waals surface area contributed by atoms with Gasteiger partial charge in [-0.3, -0.25) is 5.10 Å². The summed E-state index contributed by atoms with van der Waals surface area (Å²) >= 11 is 0. The molecule has 0 bridgehead atoms. The Morgan fingerprint density at radius 3 is 2.27 bits per heavy atom. The van der Waals surface area contributed by atoms with Crippen molar-refractivity contribution in [1.82, 2.24) is 20.2 Å². The number of para-hydroxylation sites is 1. The highest BCUT2D eigenvalue weighted by Crippen LogP contribution is 2.37. The number of hydrogen-bond acceptors (Lipinski definition) is 4. The zero-order valence-electron chi connectivity index (χ0n) is 16.9. The fourth-order valence-electron chi connectivity index (χ4n) is 3.54. The first-order chi connectivity index (χ1) is 15.9. The molecule has 5 rings (SSSR count). The smallest absolute Gasteiger partial charge is 0.323 e. The molecule has 0 spiro atoms. The van der Waals surface area contributed by atoms with Gasteiger partial charge in [0.25, 0.3) is 0 Å². The highest BCUT2D eigenvalue weighted by Gasteiger charge is 2.34. The van der Waals surface area contributed by atoms with Crippen molar-refractivity contribution in [2.45, 2.75) is 6.18 Å². The molecule has 0 aliphatic rings. The van der Waals surface area contributed by atoms with E-state index in [1.165, 1.54) is 42.5 Å². The van der Waals surface area contributed by atoms with Crippen molar-refractivity contribution in [1.29, 1.82) is 0 Å². The SMILES string of the molecule is Fc1ccccc1-c1cc(Nc2n[nH]c3ccccc23)nc(-c2ccccc2C(F)(F)F)n1. The zero-order valence-corrected chi connectivity index (χ0v) is 16.9. The number of fused-ring (bicyclic) bond motifs is 1. The molecule has 2 aromatic heterocycles. The van der Waals surface area contributed by atoms with Crippen LogP contribution in [0.2, 0.25) is 0 Å². The lowest BCUT2D eigenvalue weighted by atomic mass is 10.1. The monoisotopic (exact) mass is 449 g/mol. The van der Waals surface area contributed by atoms with Crippen molar-refractivity contribution in [3.63, 3.8) is 0 Å². The molecule has 164 valence electrons. The summed E-state index contributed by atoms with van der Waals surface area (Å²) in [5, 5.41) is 10.9. The molecule has 3 aromatic carbocycles. The molecule has 0 amide bonds. The van der Waals surface area contributed by atoms with Gasteiger partial charge in [0.1, 0.15) is 11.6 Å². The van der Waals surface area contributed by atoms with Crippen LogP contribution in [0, 0.1) is 5.82 Å². The van der Waals surface area contributed by atoms with Crippen LogP contribution in [-0.4, -0.2) is 20.2 Å². The first-order valence-electron chi connectivity index (χ1n) is 9.91. The molecule has 5 aromatic rings. The molecule has 0 aliphatic carbocycles. The van der Waals surface area contributed by atoms with Crippen molar-refractivity contribution < 1.29 is 17.6 Å². The number of aromatic amines is 1. The molecule has 33 heavy (non-hydrogen) atoms. The van der Waals surface area contributed by atoms with Crippen LogP contribution in [0.3, 0.4) is 0 Å². The molecule has 2 N–H and O–H groups in total. The summed E-state index contributed by atoms with van der Waals surface area (Å²) in [5.74, 6) is -0.139. The number of benzene rings is 3. The number of nitrogens with one attached hydrogen (secondary N) is 2. The second kappa shape index (κ2) is 8.01. The van der Waals surface area contributed by atoms with Gasteiger partial charge in [-0.15, -0.1) is 0 Å². The summed E-state index contributed by atoms with van der Waals surface area (Å²) in [4.78, 5) is 8.60. The van der Waals surface area contributed by atoms with E-state index in [4.69, 9.17) is 0 Å². The minimum Gasteiger partial charge on any atom is -0.323 e. The Bertz CT molecular complexity index is 1460. The molecule has 9 heteroatoms. The van der Waals surface area contributed by atoms with E-state index in [2.05, 4.69) is 25.5 Å². The maximum Gasteiger partial charge on any atom is 0.417 e. The van der Waals surface area contributed by atoms with E-state index >= 15 is 0 Å². The molecule has 0 saturated heterocycles. The van der Waals surface area contributed by atoms with Crippen LogP contribution in [0.1, 0.15) is 5.56 Å². The lowest BCUT2D eigenvalue weighted by molar-refractivity contribution is -0.137. The van der Waals surface area contributed by atoms with Crippen LogP contribution >= 0.6 is 0 Å². The number of rotatable bonds is 4. The van der Waals surface area contributed by atoms with E-state index in [-0.39, 0.29) is 28.5 Å². The van der Waals surface area contributed by atoms with Gasteiger partial charge in [0.2, 0.25) is 0 Å². The minimum absolute atomic E-state index is 0.136. The standard InChI is InChI=1S/C24H15F4N5/c25-18-11-5-2-8-15(18)20-13-21(31-23-16-9-3-6-12-19(16)32-33-23)30-22(29-20)14-7-1-4-10-17(14)24(26,27)28/h1-13H,(H2,29,30,31,32,33). The molecule has 0 radical (unpaired) electrons. The Labute approximate surface area is 185 Å². The van der Waals surface area contributed by atoms with Crippen molar-refractivity contribution in [3.8, 4) is 22.6 Å². The van der Waals surface area contributed by atoms with Crippen LogP contribution in [0.25, 0.3) is 33.5 Å². The zero-order chi connectivity index (χ0) is 23.0. The van der Waals surface area contributed by atoms with Gasteiger partial charge in [-0.1, -0.05) is 42.5 Å². The third-order valence-electron chi connectivity index (χ3n) is 5.07. The summed E-state index contributed by atoms with van der Waals surface area (Å²) in [6.07, 6.45) is -4.61. The third-order valence-corrected chi connectivity index (χ3v) is 5.07. The average Bonchev–Trinajstić information content (AvgIpc) is 3.21. The predicted molar refractivity (Wildman–Crippen MR) is 117 cm³/mol. The normalized spacial score (nSPS) is 11.6. The number of hydrogen-bond donors (Lipinski definition) is 2. The quantitative estimate of drug-likeness (QED) is 0.304. The fourth-order valence-corrected chi connectivity index (χ4v) is 3.54. The number of halogens is 4. The summed E-state index contributed by atoms with van der Waals surface area (Å²) in [6.45, 7) is 0. The van der Waals surface area contributed by atoms with Gasteiger partial charge in [0.05, 0.1) is 16.8 Å². The Balaban J connectivity index is 1.69. The van der Waals surface area contributed by atoms with Crippen molar-refractivity contribution >= 4 is 22.5 Å². The first kappa shape index (κ1) is 20.6. The van der Waals surface area contributed by atoms with Gasteiger partial charge in [-0.25, -0.2) is 14.4 Å². The molecule has 0 fully saturated rings. The Kier molecular flexibility index (Phi) is 5.01. The molecular weight excluding hydrogens is 434 g/mol. The average molecular weight is 449 g/mol. The minimum atomic E-state index is -4.61. The lowest BCUT2D eigenvalue weighted by Crippen LogP contribution is -2.09. The van der Waals surface area contributed by atoms with Crippen molar-refractivity contribution in [2.75, 3.05) is 5.32 Å². The second-order valence-electron chi connectivity index (χ2n) is 7.23. The summed E-state index contributed by atoms with van der Waals surface area (Å²) < 4.78 is 55.5. The van der Waals surface area contributed by atoms with Crippen LogP contribution in [0.4, 0.5) is 29.2 Å². The molecule has 5 nitrogen and oxygen atoms in total. The molecule has 0 atom stereocenters. The number of aromatic nitrogens is 4. The number of H-pyrrole nitrogens is 1. The highest BCUT2D eigenvalue weighted by molar-refractivity contribution is 5.91.